The van der Waals surface area contributed by atoms with Crippen LogP contribution in [0.1, 0.15) is 36.2 Å². The van der Waals surface area contributed by atoms with Gasteiger partial charge in [-0.1, -0.05) is 0 Å². The van der Waals surface area contributed by atoms with E-state index in [1.807, 2.05) is 4.90 Å². The fourth-order valence-electron chi connectivity index (χ4n) is 3.15. The van der Waals surface area contributed by atoms with E-state index in [2.05, 4.69) is 0 Å². The predicted octanol–water partition coefficient (Wildman–Crippen LogP) is 1.52. The lowest BCUT2D eigenvalue weighted by Gasteiger charge is -2.37. The number of ether oxygens (including phenoxy) is 1. The molecule has 0 radical (unpaired) electrons. The van der Waals surface area contributed by atoms with Crippen molar-refractivity contribution in [2.24, 2.45) is 0 Å². The molecule has 2 saturated heterocycles. The summed E-state index contributed by atoms with van der Waals surface area (Å²) in [6.45, 7) is 3.20. The minimum atomic E-state index is -0.371. The van der Waals surface area contributed by atoms with Crippen molar-refractivity contribution in [3.05, 3.63) is 24.2 Å². The Morgan fingerprint density at radius 3 is 2.82 bits per heavy atom. The monoisotopic (exact) mass is 306 g/mol. The van der Waals surface area contributed by atoms with Gasteiger partial charge in [-0.25, -0.2) is 0 Å². The molecule has 0 aliphatic carbocycles. The fourth-order valence-corrected chi connectivity index (χ4v) is 3.15. The zero-order valence-corrected chi connectivity index (χ0v) is 12.7. The zero-order valence-electron chi connectivity index (χ0n) is 12.7. The second kappa shape index (κ2) is 6.96. The summed E-state index contributed by atoms with van der Waals surface area (Å²) in [5.74, 6) is 0.165. The second-order valence-electron chi connectivity index (χ2n) is 5.78. The number of nitrogens with zero attached hydrogens (tertiary/aromatic N) is 2. The average Bonchev–Trinajstić information content (AvgIpc) is 2.96. The minimum Gasteiger partial charge on any atom is -0.459 e. The van der Waals surface area contributed by atoms with E-state index in [1.54, 1.807) is 17.0 Å². The smallest absolute Gasteiger partial charge is 0.290 e. The molecular formula is C16H22N2O4. The number of carbonyl (C=O) groups excluding carboxylic acids is 2. The second-order valence-corrected chi connectivity index (χ2v) is 5.78. The van der Waals surface area contributed by atoms with Gasteiger partial charge in [-0.15, -0.1) is 0 Å². The largest absolute Gasteiger partial charge is 0.459 e. The third kappa shape index (κ3) is 3.16. The number of likely N-dealkylation sites (tertiary alicyclic amines) is 1. The molecule has 120 valence electrons. The van der Waals surface area contributed by atoms with Crippen molar-refractivity contribution in [2.45, 2.75) is 31.7 Å². The Labute approximate surface area is 130 Å². The van der Waals surface area contributed by atoms with Gasteiger partial charge in [-0.3, -0.25) is 9.59 Å². The van der Waals surface area contributed by atoms with Crippen molar-refractivity contribution in [1.29, 1.82) is 0 Å². The molecule has 0 bridgehead atoms. The van der Waals surface area contributed by atoms with Crippen LogP contribution in [0.25, 0.3) is 0 Å². The topological polar surface area (TPSA) is 63.0 Å². The Balaban J connectivity index is 1.74. The Bertz CT molecular complexity index is 506. The molecule has 3 rings (SSSR count). The first-order chi connectivity index (χ1) is 10.8. The van der Waals surface area contributed by atoms with Gasteiger partial charge in [0.15, 0.2) is 5.76 Å². The van der Waals surface area contributed by atoms with Crippen LogP contribution in [0.3, 0.4) is 0 Å². The van der Waals surface area contributed by atoms with Crippen LogP contribution in [0.15, 0.2) is 22.8 Å². The summed E-state index contributed by atoms with van der Waals surface area (Å²) in [5.41, 5.74) is 0. The van der Waals surface area contributed by atoms with Crippen LogP contribution in [0.5, 0.6) is 0 Å². The van der Waals surface area contributed by atoms with Gasteiger partial charge >= 0.3 is 0 Å². The molecule has 0 aromatic carbocycles. The van der Waals surface area contributed by atoms with E-state index < -0.39 is 0 Å². The van der Waals surface area contributed by atoms with Gasteiger partial charge in [0.2, 0.25) is 5.91 Å². The van der Waals surface area contributed by atoms with E-state index in [1.165, 1.54) is 6.26 Å². The maximum atomic E-state index is 12.8. The molecule has 2 fully saturated rings. The normalized spacial score (nSPS) is 23.2. The molecule has 2 amide bonds. The van der Waals surface area contributed by atoms with Gasteiger partial charge in [0.1, 0.15) is 6.04 Å². The lowest BCUT2D eigenvalue weighted by Crippen LogP contribution is -2.53. The number of amides is 2. The van der Waals surface area contributed by atoms with Gasteiger partial charge in [0.25, 0.3) is 5.91 Å². The molecule has 1 unspecified atom stereocenters. The van der Waals surface area contributed by atoms with Crippen molar-refractivity contribution in [3.63, 3.8) is 0 Å². The highest BCUT2D eigenvalue weighted by atomic mass is 16.5. The standard InChI is InChI=1S/C16H22N2O4/c19-15(17-7-4-10-21-12-9-17)13-5-1-2-8-18(13)16(20)14-6-3-11-22-14/h3,6,11,13H,1-2,4-5,7-10,12H2. The summed E-state index contributed by atoms with van der Waals surface area (Å²) in [7, 11) is 0. The van der Waals surface area contributed by atoms with E-state index >= 15 is 0 Å². The molecule has 1 aromatic heterocycles. The quantitative estimate of drug-likeness (QED) is 0.831. The summed E-state index contributed by atoms with van der Waals surface area (Å²) in [5, 5.41) is 0. The summed E-state index contributed by atoms with van der Waals surface area (Å²) in [4.78, 5) is 28.9. The van der Waals surface area contributed by atoms with Crippen LogP contribution in [0.4, 0.5) is 0 Å². The van der Waals surface area contributed by atoms with Gasteiger partial charge in [-0.05, 0) is 37.8 Å². The maximum absolute atomic E-state index is 12.8. The van der Waals surface area contributed by atoms with E-state index in [0.29, 0.717) is 38.6 Å². The Morgan fingerprint density at radius 1 is 1.09 bits per heavy atom. The molecule has 22 heavy (non-hydrogen) atoms. The molecule has 1 atom stereocenters. The van der Waals surface area contributed by atoms with Crippen molar-refractivity contribution in [2.75, 3.05) is 32.8 Å². The molecule has 1 aromatic rings. The molecule has 0 N–H and O–H groups in total. The predicted molar refractivity (Wildman–Crippen MR) is 79.4 cm³/mol. The Morgan fingerprint density at radius 2 is 2.00 bits per heavy atom. The van der Waals surface area contributed by atoms with Crippen molar-refractivity contribution in [3.8, 4) is 0 Å². The number of hydrogen-bond acceptors (Lipinski definition) is 4. The van der Waals surface area contributed by atoms with E-state index in [-0.39, 0.29) is 17.9 Å². The Kier molecular flexibility index (Phi) is 4.77. The summed E-state index contributed by atoms with van der Waals surface area (Å²) in [6, 6.07) is 2.97. The van der Waals surface area contributed by atoms with Gasteiger partial charge < -0.3 is 19.0 Å². The van der Waals surface area contributed by atoms with Crippen molar-refractivity contribution in [1.82, 2.24) is 9.80 Å². The lowest BCUT2D eigenvalue weighted by molar-refractivity contribution is -0.137. The van der Waals surface area contributed by atoms with Crippen LogP contribution in [0.2, 0.25) is 0 Å². The molecule has 2 aliphatic rings. The fraction of sp³-hybridized carbons (Fsp3) is 0.625. The molecule has 6 nitrogen and oxygen atoms in total. The van der Waals surface area contributed by atoms with Gasteiger partial charge in [-0.2, -0.15) is 0 Å². The summed E-state index contributed by atoms with van der Waals surface area (Å²) >= 11 is 0. The average molecular weight is 306 g/mol. The van der Waals surface area contributed by atoms with Crippen LogP contribution in [-0.2, 0) is 9.53 Å². The zero-order chi connectivity index (χ0) is 15.4. The molecule has 2 aliphatic heterocycles. The SMILES string of the molecule is O=C(C1CCCCN1C(=O)c1ccco1)N1CCCOCC1. The maximum Gasteiger partial charge on any atom is 0.290 e. The number of furan rings is 1. The van der Waals surface area contributed by atoms with Crippen molar-refractivity contribution >= 4 is 11.8 Å². The highest BCUT2D eigenvalue weighted by Gasteiger charge is 2.36. The lowest BCUT2D eigenvalue weighted by atomic mass is 10.00. The number of piperidine rings is 1. The van der Waals surface area contributed by atoms with Crippen LogP contribution >= 0.6 is 0 Å². The minimum absolute atomic E-state index is 0.0464. The van der Waals surface area contributed by atoms with E-state index in [9.17, 15) is 9.59 Å². The van der Waals surface area contributed by atoms with Gasteiger partial charge in [0, 0.05) is 26.2 Å². The van der Waals surface area contributed by atoms with E-state index in [4.69, 9.17) is 9.15 Å². The van der Waals surface area contributed by atoms with Crippen LogP contribution in [-0.4, -0.2) is 60.5 Å². The molecule has 0 spiro atoms. The third-order valence-corrected chi connectivity index (χ3v) is 4.31. The number of hydrogen-bond donors (Lipinski definition) is 0. The molecule has 0 saturated carbocycles. The first-order valence-electron chi connectivity index (χ1n) is 7.98. The summed E-state index contributed by atoms with van der Waals surface area (Å²) in [6.07, 6.45) is 4.97. The highest BCUT2D eigenvalue weighted by Crippen LogP contribution is 2.22. The first-order valence-corrected chi connectivity index (χ1v) is 7.98. The number of rotatable bonds is 2. The molecular weight excluding hydrogens is 284 g/mol. The summed E-state index contributed by atoms with van der Waals surface area (Å²) < 4.78 is 10.6. The molecule has 6 heteroatoms. The van der Waals surface area contributed by atoms with E-state index in [0.717, 1.165) is 25.7 Å². The van der Waals surface area contributed by atoms with Crippen LogP contribution in [0, 0.1) is 0 Å². The Hall–Kier alpha value is -1.82. The molecule has 3 heterocycles. The van der Waals surface area contributed by atoms with Crippen molar-refractivity contribution < 1.29 is 18.7 Å². The first kappa shape index (κ1) is 15.1. The van der Waals surface area contributed by atoms with Gasteiger partial charge in [0.05, 0.1) is 12.9 Å². The highest BCUT2D eigenvalue weighted by molar-refractivity contribution is 5.95. The third-order valence-electron chi connectivity index (χ3n) is 4.31. The number of carbonyl (C=O) groups is 2. The van der Waals surface area contributed by atoms with Crippen LogP contribution < -0.4 is 0 Å².